The molecule has 5 N–H and O–H groups in total. The molecule has 9 nitrogen and oxygen atoms in total. The number of anilines is 1. The van der Waals surface area contributed by atoms with Crippen molar-refractivity contribution in [1.82, 2.24) is 15.7 Å². The van der Waals surface area contributed by atoms with Gasteiger partial charge in [-0.2, -0.15) is 5.06 Å². The zero-order valence-corrected chi connectivity index (χ0v) is 25.8. The van der Waals surface area contributed by atoms with Crippen molar-refractivity contribution in [3.8, 4) is 11.8 Å². The summed E-state index contributed by atoms with van der Waals surface area (Å²) < 4.78 is 0. The van der Waals surface area contributed by atoms with Crippen molar-refractivity contribution in [2.24, 2.45) is 5.92 Å². The van der Waals surface area contributed by atoms with Gasteiger partial charge in [0.25, 0.3) is 0 Å². The first-order valence-corrected chi connectivity index (χ1v) is 15.2. The van der Waals surface area contributed by atoms with Crippen LogP contribution in [0.2, 0.25) is 5.02 Å². The number of nitrogens with zero attached hydrogens (tertiary/aromatic N) is 2. The van der Waals surface area contributed by atoms with Crippen molar-refractivity contribution in [3.05, 3.63) is 101 Å². The highest BCUT2D eigenvalue weighted by atomic mass is 35.5. The second-order valence-electron chi connectivity index (χ2n) is 10.9. The van der Waals surface area contributed by atoms with Gasteiger partial charge in [0.05, 0.1) is 25.8 Å². The predicted molar refractivity (Wildman–Crippen MR) is 172 cm³/mol. The van der Waals surface area contributed by atoms with Crippen LogP contribution in [-0.4, -0.2) is 77.8 Å². The zero-order valence-electron chi connectivity index (χ0n) is 25.1. The van der Waals surface area contributed by atoms with E-state index in [-0.39, 0.29) is 19.1 Å². The fourth-order valence-electron chi connectivity index (χ4n) is 5.31. The molecule has 1 aliphatic heterocycles. The maximum absolute atomic E-state index is 13.5. The maximum Gasteiger partial charge on any atom is 0.240 e. The van der Waals surface area contributed by atoms with E-state index in [1.165, 1.54) is 0 Å². The molecule has 1 saturated heterocycles. The third-order valence-electron chi connectivity index (χ3n) is 7.61. The lowest BCUT2D eigenvalue weighted by Gasteiger charge is -2.26. The van der Waals surface area contributed by atoms with Crippen molar-refractivity contribution in [2.75, 3.05) is 38.2 Å². The molecule has 1 amide bonds. The van der Waals surface area contributed by atoms with Gasteiger partial charge in [0.15, 0.2) is 0 Å². The summed E-state index contributed by atoms with van der Waals surface area (Å²) in [6, 6.07) is 23.7. The van der Waals surface area contributed by atoms with E-state index >= 15 is 0 Å². The largest absolute Gasteiger partial charge is 0.394 e. The number of hydrogen-bond donors (Lipinski definition) is 5. The van der Waals surface area contributed by atoms with Gasteiger partial charge in [-0.05, 0) is 60.9 Å². The van der Waals surface area contributed by atoms with Gasteiger partial charge in [0.2, 0.25) is 5.91 Å². The Hall–Kier alpha value is -3.46. The molecular weight excluding hydrogens is 580 g/mol. The van der Waals surface area contributed by atoms with Gasteiger partial charge in [-0.15, -0.1) is 0 Å². The fraction of sp³-hybridized carbons (Fsp3) is 0.382. The lowest BCUT2D eigenvalue weighted by atomic mass is 9.89. The molecule has 10 heteroatoms. The lowest BCUT2D eigenvalue weighted by Crippen LogP contribution is -2.49. The fourth-order valence-corrected chi connectivity index (χ4v) is 5.43. The standard InChI is InChI=1S/C34H41ClN4O5/c1-24(41)31-30(23-40)44-39(32(31)34(43)37-19-8-20-38(2)29-16-14-28(35)15-17-29)22-26-10-6-9-25(21-26)11-7-18-36-33(42)27-12-4-3-5-13-27/h3-6,9-10,12-17,21,24,30-33,36,40-42H,8,18-20,22-23H2,1-2H3,(H,37,43)/t24-,30-,31+,32-,33?/m1/s1. The number of nitrogens with one attached hydrogen (secondary N) is 2. The van der Waals surface area contributed by atoms with Gasteiger partial charge in [0.1, 0.15) is 18.4 Å². The Morgan fingerprint density at radius 2 is 1.84 bits per heavy atom. The molecule has 0 aromatic heterocycles. The van der Waals surface area contributed by atoms with E-state index in [4.69, 9.17) is 16.4 Å². The Bertz CT molecular complexity index is 1400. The first-order valence-electron chi connectivity index (χ1n) is 14.8. The SMILES string of the molecule is C[C@@H](O)[C@H]1[C@@H](CO)ON(Cc2cccc(C#CCNC(O)c3ccccc3)c2)[C@H]1C(=O)NCCCN(C)c1ccc(Cl)cc1. The number of carbonyl (C=O) groups excluding carboxylic acids is 1. The minimum atomic E-state index is -0.875. The van der Waals surface area contributed by atoms with Crippen LogP contribution in [0, 0.1) is 17.8 Å². The van der Waals surface area contributed by atoms with Crippen LogP contribution < -0.4 is 15.5 Å². The molecule has 1 heterocycles. The lowest BCUT2D eigenvalue weighted by molar-refractivity contribution is -0.181. The number of hydrogen-bond acceptors (Lipinski definition) is 8. The quantitative estimate of drug-likeness (QED) is 0.112. The van der Waals surface area contributed by atoms with Gasteiger partial charge in [-0.25, -0.2) is 0 Å². The monoisotopic (exact) mass is 620 g/mol. The second-order valence-corrected chi connectivity index (χ2v) is 11.3. The molecule has 234 valence electrons. The van der Waals surface area contributed by atoms with Gasteiger partial charge >= 0.3 is 0 Å². The summed E-state index contributed by atoms with van der Waals surface area (Å²) in [5, 5.41) is 39.0. The van der Waals surface area contributed by atoms with E-state index in [2.05, 4.69) is 27.4 Å². The molecule has 0 spiro atoms. The highest BCUT2D eigenvalue weighted by Gasteiger charge is 2.49. The van der Waals surface area contributed by atoms with Crippen molar-refractivity contribution in [1.29, 1.82) is 0 Å². The van der Waals surface area contributed by atoms with Crippen LogP contribution in [0.15, 0.2) is 78.9 Å². The third-order valence-corrected chi connectivity index (χ3v) is 7.87. The molecular formula is C34H41ClN4O5. The molecule has 1 aliphatic rings. The summed E-state index contributed by atoms with van der Waals surface area (Å²) in [5.74, 6) is 5.26. The van der Waals surface area contributed by atoms with E-state index in [0.717, 1.165) is 28.9 Å². The highest BCUT2D eigenvalue weighted by Crippen LogP contribution is 2.32. The number of carbonyl (C=O) groups is 1. The Balaban J connectivity index is 1.35. The summed E-state index contributed by atoms with van der Waals surface area (Å²) in [5.41, 5.74) is 3.43. The number of rotatable bonds is 13. The molecule has 44 heavy (non-hydrogen) atoms. The first-order chi connectivity index (χ1) is 21.3. The number of aliphatic hydroxyl groups excluding tert-OH is 3. The minimum Gasteiger partial charge on any atom is -0.394 e. The van der Waals surface area contributed by atoms with Crippen LogP contribution in [-0.2, 0) is 16.2 Å². The second kappa shape index (κ2) is 16.6. The number of amides is 1. The van der Waals surface area contributed by atoms with Gasteiger partial charge in [0, 0.05) is 42.3 Å². The van der Waals surface area contributed by atoms with E-state index < -0.39 is 30.4 Å². The van der Waals surface area contributed by atoms with Crippen molar-refractivity contribution in [2.45, 2.75) is 44.4 Å². The smallest absolute Gasteiger partial charge is 0.240 e. The van der Waals surface area contributed by atoms with Crippen molar-refractivity contribution >= 4 is 23.2 Å². The van der Waals surface area contributed by atoms with Crippen LogP contribution in [0.3, 0.4) is 0 Å². The highest BCUT2D eigenvalue weighted by molar-refractivity contribution is 6.30. The first kappa shape index (κ1) is 33.4. The minimum absolute atomic E-state index is 0.262. The van der Waals surface area contributed by atoms with Crippen molar-refractivity contribution < 1.29 is 25.0 Å². The molecule has 3 aromatic carbocycles. The summed E-state index contributed by atoms with van der Waals surface area (Å²) in [4.78, 5) is 21.6. The normalized spacial score (nSPS) is 19.5. The molecule has 0 aliphatic carbocycles. The van der Waals surface area contributed by atoms with Crippen LogP contribution in [0.4, 0.5) is 5.69 Å². The molecule has 0 saturated carbocycles. The van der Waals surface area contributed by atoms with Crippen LogP contribution in [0.1, 0.15) is 36.3 Å². The Morgan fingerprint density at radius 3 is 2.55 bits per heavy atom. The number of hydroxylamine groups is 2. The molecule has 3 aromatic rings. The van der Waals surface area contributed by atoms with Gasteiger partial charge in [-0.1, -0.05) is 65.9 Å². The maximum atomic E-state index is 13.5. The average Bonchev–Trinajstić information content (AvgIpc) is 3.40. The van der Waals surface area contributed by atoms with Crippen LogP contribution >= 0.6 is 11.6 Å². The summed E-state index contributed by atoms with van der Waals surface area (Å²) in [7, 11) is 1.98. The third kappa shape index (κ3) is 9.27. The van der Waals surface area contributed by atoms with E-state index in [1.54, 1.807) is 12.0 Å². The summed E-state index contributed by atoms with van der Waals surface area (Å²) >= 11 is 5.99. The number of benzene rings is 3. The predicted octanol–water partition coefficient (Wildman–Crippen LogP) is 3.09. The molecule has 0 radical (unpaired) electrons. The Kier molecular flexibility index (Phi) is 12.6. The summed E-state index contributed by atoms with van der Waals surface area (Å²) in [6.45, 7) is 3.00. The van der Waals surface area contributed by atoms with Gasteiger partial charge < -0.3 is 25.5 Å². The van der Waals surface area contributed by atoms with E-state index in [1.807, 2.05) is 85.9 Å². The number of aliphatic hydroxyl groups is 3. The molecule has 4 rings (SSSR count). The van der Waals surface area contributed by atoms with Crippen molar-refractivity contribution in [3.63, 3.8) is 0 Å². The van der Waals surface area contributed by atoms with Crippen LogP contribution in [0.25, 0.3) is 0 Å². The average molecular weight is 621 g/mol. The molecule has 5 atom stereocenters. The molecule has 1 unspecified atom stereocenters. The zero-order chi connectivity index (χ0) is 31.5. The topological polar surface area (TPSA) is 118 Å². The molecule has 1 fully saturated rings. The molecule has 0 bridgehead atoms. The summed E-state index contributed by atoms with van der Waals surface area (Å²) in [6.07, 6.45) is -1.69. The number of halogens is 1. The van der Waals surface area contributed by atoms with Crippen LogP contribution in [0.5, 0.6) is 0 Å². The van der Waals surface area contributed by atoms with Gasteiger partial charge in [-0.3, -0.25) is 14.9 Å². The Labute approximate surface area is 264 Å². The van der Waals surface area contributed by atoms with E-state index in [9.17, 15) is 20.1 Å². The van der Waals surface area contributed by atoms with E-state index in [0.29, 0.717) is 24.5 Å². The Morgan fingerprint density at radius 1 is 1.09 bits per heavy atom.